The Bertz CT molecular complexity index is 560. The number of anilines is 1. The Balaban J connectivity index is 1.59. The fourth-order valence-electron chi connectivity index (χ4n) is 3.28. The van der Waals surface area contributed by atoms with Crippen LogP contribution in [-0.2, 0) is 4.79 Å². The maximum Gasteiger partial charge on any atom is 0.225 e. The van der Waals surface area contributed by atoms with E-state index < -0.39 is 0 Å². The number of carbonyl (C=O) groups excluding carboxylic acids is 1. The van der Waals surface area contributed by atoms with Crippen molar-refractivity contribution in [2.24, 2.45) is 11.7 Å². The van der Waals surface area contributed by atoms with Crippen LogP contribution in [0.2, 0.25) is 10.0 Å². The second-order valence-electron chi connectivity index (χ2n) is 6.04. The predicted octanol–water partition coefficient (Wildman–Crippen LogP) is 2.16. The van der Waals surface area contributed by atoms with Crippen molar-refractivity contribution in [2.45, 2.75) is 25.3 Å². The SMILES string of the molecule is N[C@H]1CC[C@@H](C(=O)N2CCN(c3ncc(Cl)cc3Cl)CC2)C1. The number of hydrogen-bond acceptors (Lipinski definition) is 4. The zero-order chi connectivity index (χ0) is 15.7. The predicted molar refractivity (Wildman–Crippen MR) is 88.4 cm³/mol. The molecule has 2 atom stereocenters. The van der Waals surface area contributed by atoms with Crippen molar-refractivity contribution in [1.29, 1.82) is 0 Å². The smallest absolute Gasteiger partial charge is 0.225 e. The highest BCUT2D eigenvalue weighted by atomic mass is 35.5. The molecule has 120 valence electrons. The molecule has 0 unspecified atom stereocenters. The molecule has 0 spiro atoms. The van der Waals surface area contributed by atoms with Crippen LogP contribution in [-0.4, -0.2) is 48.0 Å². The summed E-state index contributed by atoms with van der Waals surface area (Å²) in [6, 6.07) is 1.88. The molecule has 0 bridgehead atoms. The number of nitrogens with zero attached hydrogens (tertiary/aromatic N) is 3. The molecule has 1 saturated carbocycles. The first-order valence-electron chi connectivity index (χ1n) is 7.65. The standard InChI is InChI=1S/C15H20Cl2N4O/c16-11-8-13(17)14(19-9-11)20-3-5-21(6-4-20)15(22)10-1-2-12(18)7-10/h8-10,12H,1-7,18H2/t10-,12+/m1/s1. The second-order valence-corrected chi connectivity index (χ2v) is 6.88. The van der Waals surface area contributed by atoms with Crippen LogP contribution in [0.4, 0.5) is 5.82 Å². The van der Waals surface area contributed by atoms with Gasteiger partial charge in [0.05, 0.1) is 10.0 Å². The Hall–Kier alpha value is -1.04. The third-order valence-electron chi connectivity index (χ3n) is 4.50. The molecule has 2 fully saturated rings. The highest BCUT2D eigenvalue weighted by Crippen LogP contribution is 2.29. The van der Waals surface area contributed by atoms with Crippen molar-refractivity contribution in [3.05, 3.63) is 22.3 Å². The quantitative estimate of drug-likeness (QED) is 0.894. The van der Waals surface area contributed by atoms with Gasteiger partial charge in [-0.05, 0) is 25.3 Å². The Morgan fingerprint density at radius 3 is 2.55 bits per heavy atom. The van der Waals surface area contributed by atoms with E-state index in [0.29, 0.717) is 23.1 Å². The van der Waals surface area contributed by atoms with E-state index in [9.17, 15) is 4.79 Å². The summed E-state index contributed by atoms with van der Waals surface area (Å²) in [5.41, 5.74) is 5.91. The minimum absolute atomic E-state index is 0.110. The topological polar surface area (TPSA) is 62.5 Å². The van der Waals surface area contributed by atoms with Crippen molar-refractivity contribution in [3.8, 4) is 0 Å². The summed E-state index contributed by atoms with van der Waals surface area (Å²) in [6.45, 7) is 2.87. The third-order valence-corrected chi connectivity index (χ3v) is 4.99. The van der Waals surface area contributed by atoms with Gasteiger partial charge in [-0.25, -0.2) is 4.98 Å². The average molecular weight is 343 g/mol. The van der Waals surface area contributed by atoms with Gasteiger partial charge in [0.2, 0.25) is 5.91 Å². The van der Waals surface area contributed by atoms with E-state index in [4.69, 9.17) is 28.9 Å². The molecule has 3 rings (SSSR count). The van der Waals surface area contributed by atoms with E-state index in [-0.39, 0.29) is 17.9 Å². The fourth-order valence-corrected chi connectivity index (χ4v) is 3.78. The minimum Gasteiger partial charge on any atom is -0.352 e. The lowest BCUT2D eigenvalue weighted by molar-refractivity contribution is -0.135. The van der Waals surface area contributed by atoms with Gasteiger partial charge in [-0.3, -0.25) is 4.79 Å². The van der Waals surface area contributed by atoms with Gasteiger partial charge >= 0.3 is 0 Å². The number of halogens is 2. The van der Waals surface area contributed by atoms with Crippen LogP contribution >= 0.6 is 23.2 Å². The fraction of sp³-hybridized carbons (Fsp3) is 0.600. The van der Waals surface area contributed by atoms with E-state index in [1.807, 2.05) is 4.90 Å². The lowest BCUT2D eigenvalue weighted by Crippen LogP contribution is -2.50. The number of pyridine rings is 1. The molecule has 22 heavy (non-hydrogen) atoms. The number of aromatic nitrogens is 1. The lowest BCUT2D eigenvalue weighted by Gasteiger charge is -2.36. The zero-order valence-corrected chi connectivity index (χ0v) is 13.9. The zero-order valence-electron chi connectivity index (χ0n) is 12.3. The average Bonchev–Trinajstić information content (AvgIpc) is 2.93. The van der Waals surface area contributed by atoms with Gasteiger partial charge < -0.3 is 15.5 Å². The van der Waals surface area contributed by atoms with Crippen LogP contribution < -0.4 is 10.6 Å². The molecule has 1 amide bonds. The Kier molecular flexibility index (Phi) is 4.76. The first-order valence-corrected chi connectivity index (χ1v) is 8.40. The van der Waals surface area contributed by atoms with Crippen molar-refractivity contribution in [2.75, 3.05) is 31.1 Å². The van der Waals surface area contributed by atoms with Gasteiger partial charge in [-0.2, -0.15) is 0 Å². The molecule has 1 aliphatic heterocycles. The van der Waals surface area contributed by atoms with Crippen LogP contribution in [0.3, 0.4) is 0 Å². The summed E-state index contributed by atoms with van der Waals surface area (Å²) in [4.78, 5) is 20.8. The van der Waals surface area contributed by atoms with Crippen LogP contribution in [0.1, 0.15) is 19.3 Å². The van der Waals surface area contributed by atoms with Crippen LogP contribution in [0.25, 0.3) is 0 Å². The molecule has 1 aromatic rings. The van der Waals surface area contributed by atoms with E-state index in [1.54, 1.807) is 12.3 Å². The van der Waals surface area contributed by atoms with Crippen molar-refractivity contribution < 1.29 is 4.79 Å². The highest BCUT2D eigenvalue weighted by Gasteiger charge is 2.32. The Morgan fingerprint density at radius 1 is 1.23 bits per heavy atom. The molecule has 0 aromatic carbocycles. The molecule has 1 aromatic heterocycles. The molecule has 2 aliphatic rings. The van der Waals surface area contributed by atoms with Crippen LogP contribution in [0.5, 0.6) is 0 Å². The summed E-state index contributed by atoms with van der Waals surface area (Å²) < 4.78 is 0. The lowest BCUT2D eigenvalue weighted by atomic mass is 10.1. The molecular weight excluding hydrogens is 323 g/mol. The van der Waals surface area contributed by atoms with Gasteiger partial charge in [0.25, 0.3) is 0 Å². The van der Waals surface area contributed by atoms with Crippen LogP contribution in [0, 0.1) is 5.92 Å². The maximum absolute atomic E-state index is 12.5. The normalized spacial score (nSPS) is 25.6. The van der Waals surface area contributed by atoms with Crippen LogP contribution in [0.15, 0.2) is 12.3 Å². The highest BCUT2D eigenvalue weighted by molar-refractivity contribution is 6.36. The van der Waals surface area contributed by atoms with Gasteiger partial charge in [0.1, 0.15) is 5.82 Å². The molecule has 2 heterocycles. The number of carbonyl (C=O) groups is 1. The summed E-state index contributed by atoms with van der Waals surface area (Å²) in [7, 11) is 0. The monoisotopic (exact) mass is 342 g/mol. The summed E-state index contributed by atoms with van der Waals surface area (Å²) >= 11 is 12.1. The van der Waals surface area contributed by atoms with Gasteiger partial charge in [0.15, 0.2) is 0 Å². The van der Waals surface area contributed by atoms with Gasteiger partial charge in [0, 0.05) is 44.3 Å². The van der Waals surface area contributed by atoms with E-state index in [1.165, 1.54) is 0 Å². The Morgan fingerprint density at radius 2 is 1.95 bits per heavy atom. The number of amides is 1. The van der Waals surface area contributed by atoms with Crippen molar-refractivity contribution in [3.63, 3.8) is 0 Å². The second kappa shape index (κ2) is 6.60. The molecule has 5 nitrogen and oxygen atoms in total. The summed E-state index contributed by atoms with van der Waals surface area (Å²) in [6.07, 6.45) is 4.30. The largest absolute Gasteiger partial charge is 0.352 e. The van der Waals surface area contributed by atoms with Gasteiger partial charge in [-0.1, -0.05) is 23.2 Å². The molecule has 1 aliphatic carbocycles. The van der Waals surface area contributed by atoms with E-state index >= 15 is 0 Å². The van der Waals surface area contributed by atoms with Gasteiger partial charge in [-0.15, -0.1) is 0 Å². The Labute approximate surface area is 140 Å². The van der Waals surface area contributed by atoms with E-state index in [0.717, 1.165) is 38.2 Å². The number of rotatable bonds is 2. The number of hydrogen-bond donors (Lipinski definition) is 1. The van der Waals surface area contributed by atoms with Crippen molar-refractivity contribution >= 4 is 34.9 Å². The summed E-state index contributed by atoms with van der Waals surface area (Å²) in [5, 5.41) is 1.08. The molecular formula is C15H20Cl2N4O. The van der Waals surface area contributed by atoms with Crippen molar-refractivity contribution in [1.82, 2.24) is 9.88 Å². The molecule has 0 radical (unpaired) electrons. The molecule has 7 heteroatoms. The summed E-state index contributed by atoms with van der Waals surface area (Å²) in [5.74, 6) is 1.10. The number of piperazine rings is 1. The first kappa shape index (κ1) is 15.8. The molecule has 2 N–H and O–H groups in total. The number of nitrogens with two attached hydrogens (primary N) is 1. The maximum atomic E-state index is 12.5. The molecule has 1 saturated heterocycles. The van der Waals surface area contributed by atoms with E-state index in [2.05, 4.69) is 9.88 Å². The first-order chi connectivity index (χ1) is 10.5. The third kappa shape index (κ3) is 3.31. The minimum atomic E-state index is 0.110.